The first-order valence-electron chi connectivity index (χ1n) is 8.69. The molecule has 1 fully saturated rings. The molecule has 1 aliphatic rings. The van der Waals surface area contributed by atoms with Crippen molar-refractivity contribution in [3.05, 3.63) is 59.7 Å². The lowest BCUT2D eigenvalue weighted by Crippen LogP contribution is -2.27. The van der Waals surface area contributed by atoms with E-state index in [1.807, 2.05) is 48.5 Å². The SMILES string of the molecule is COc1cccc(CC(=O)NCC#Cc2ccc(N3CCNC3=O)cc2)c1. The molecule has 6 nitrogen and oxygen atoms in total. The van der Waals surface area contributed by atoms with Gasteiger partial charge in [0.25, 0.3) is 0 Å². The molecular formula is C21H21N3O3. The van der Waals surface area contributed by atoms with Crippen molar-refractivity contribution in [2.75, 3.05) is 31.6 Å². The van der Waals surface area contributed by atoms with Crippen LogP contribution in [0.3, 0.4) is 0 Å². The summed E-state index contributed by atoms with van der Waals surface area (Å²) in [5.74, 6) is 6.59. The summed E-state index contributed by atoms with van der Waals surface area (Å²) in [6, 6.07) is 14.8. The molecule has 0 saturated carbocycles. The topological polar surface area (TPSA) is 70.7 Å². The van der Waals surface area contributed by atoms with E-state index < -0.39 is 0 Å². The van der Waals surface area contributed by atoms with E-state index in [2.05, 4.69) is 22.5 Å². The van der Waals surface area contributed by atoms with Gasteiger partial charge in [0.2, 0.25) is 5.91 Å². The maximum atomic E-state index is 12.0. The van der Waals surface area contributed by atoms with Crippen LogP contribution in [0.25, 0.3) is 0 Å². The molecule has 3 rings (SSSR count). The monoisotopic (exact) mass is 363 g/mol. The smallest absolute Gasteiger partial charge is 0.321 e. The number of nitrogens with one attached hydrogen (secondary N) is 2. The molecule has 1 heterocycles. The minimum Gasteiger partial charge on any atom is -0.497 e. The zero-order chi connectivity index (χ0) is 19.1. The lowest BCUT2D eigenvalue weighted by atomic mass is 10.1. The molecule has 2 aromatic carbocycles. The first-order chi connectivity index (χ1) is 13.2. The summed E-state index contributed by atoms with van der Waals surface area (Å²) >= 11 is 0. The molecule has 1 saturated heterocycles. The van der Waals surface area contributed by atoms with Gasteiger partial charge in [0, 0.05) is 24.3 Å². The van der Waals surface area contributed by atoms with Gasteiger partial charge in [-0.2, -0.15) is 0 Å². The highest BCUT2D eigenvalue weighted by molar-refractivity contribution is 5.94. The molecule has 0 atom stereocenters. The summed E-state index contributed by atoms with van der Waals surface area (Å²) in [6.45, 7) is 1.61. The number of benzene rings is 2. The minimum atomic E-state index is -0.0899. The predicted molar refractivity (Wildman–Crippen MR) is 104 cm³/mol. The van der Waals surface area contributed by atoms with E-state index in [-0.39, 0.29) is 24.9 Å². The number of hydrogen-bond acceptors (Lipinski definition) is 3. The van der Waals surface area contributed by atoms with Gasteiger partial charge in [-0.15, -0.1) is 0 Å². The van der Waals surface area contributed by atoms with E-state index in [1.165, 1.54) is 0 Å². The molecule has 2 N–H and O–H groups in total. The van der Waals surface area contributed by atoms with Crippen molar-refractivity contribution in [3.8, 4) is 17.6 Å². The Morgan fingerprint density at radius 1 is 1.26 bits per heavy atom. The van der Waals surface area contributed by atoms with Gasteiger partial charge in [0.1, 0.15) is 5.75 Å². The summed E-state index contributed by atoms with van der Waals surface area (Å²) in [6.07, 6.45) is 0.283. The van der Waals surface area contributed by atoms with E-state index in [4.69, 9.17) is 4.74 Å². The predicted octanol–water partition coefficient (Wildman–Crippen LogP) is 1.94. The standard InChI is InChI=1S/C21H21N3O3/c1-27-19-6-2-4-17(14-19)15-20(25)22-11-3-5-16-7-9-18(10-8-16)24-13-12-23-21(24)26/h2,4,6-10,14H,11-13,15H2,1H3,(H,22,25)(H,23,26). The average molecular weight is 363 g/mol. The Hall–Kier alpha value is -3.46. The quantitative estimate of drug-likeness (QED) is 0.798. The van der Waals surface area contributed by atoms with Crippen LogP contribution in [-0.4, -0.2) is 38.7 Å². The Labute approximate surface area is 158 Å². The maximum absolute atomic E-state index is 12.0. The van der Waals surface area contributed by atoms with E-state index in [0.29, 0.717) is 13.1 Å². The molecule has 0 aromatic heterocycles. The third-order valence-corrected chi connectivity index (χ3v) is 4.14. The van der Waals surface area contributed by atoms with E-state index in [0.717, 1.165) is 22.6 Å². The highest BCUT2D eigenvalue weighted by Crippen LogP contribution is 2.16. The number of anilines is 1. The van der Waals surface area contributed by atoms with Gasteiger partial charge in [0.05, 0.1) is 20.1 Å². The number of rotatable bonds is 5. The maximum Gasteiger partial charge on any atom is 0.321 e. The molecule has 0 spiro atoms. The summed E-state index contributed by atoms with van der Waals surface area (Å²) in [5.41, 5.74) is 2.57. The molecule has 0 bridgehead atoms. The highest BCUT2D eigenvalue weighted by atomic mass is 16.5. The van der Waals surface area contributed by atoms with Crippen LogP contribution in [0.15, 0.2) is 48.5 Å². The van der Waals surface area contributed by atoms with Crippen molar-refractivity contribution in [2.24, 2.45) is 0 Å². The Bertz CT molecular complexity index is 882. The molecule has 0 radical (unpaired) electrons. The van der Waals surface area contributed by atoms with Gasteiger partial charge in [-0.3, -0.25) is 9.69 Å². The van der Waals surface area contributed by atoms with Crippen molar-refractivity contribution >= 4 is 17.6 Å². The zero-order valence-corrected chi connectivity index (χ0v) is 15.1. The fourth-order valence-corrected chi connectivity index (χ4v) is 2.76. The Kier molecular flexibility index (Phi) is 5.95. The number of nitrogens with zero attached hydrogens (tertiary/aromatic N) is 1. The summed E-state index contributed by atoms with van der Waals surface area (Å²) in [4.78, 5) is 25.3. The number of methoxy groups -OCH3 is 1. The van der Waals surface area contributed by atoms with E-state index >= 15 is 0 Å². The summed E-state index contributed by atoms with van der Waals surface area (Å²) in [5, 5.41) is 5.56. The Morgan fingerprint density at radius 3 is 2.78 bits per heavy atom. The van der Waals surface area contributed by atoms with Crippen molar-refractivity contribution < 1.29 is 14.3 Å². The van der Waals surface area contributed by atoms with Gasteiger partial charge in [-0.25, -0.2) is 4.79 Å². The number of amides is 3. The molecule has 0 unspecified atom stereocenters. The minimum absolute atomic E-state index is 0.0763. The normalized spacial score (nSPS) is 12.8. The second-order valence-electron chi connectivity index (χ2n) is 6.04. The molecule has 1 aliphatic heterocycles. The van der Waals surface area contributed by atoms with Gasteiger partial charge in [-0.1, -0.05) is 24.0 Å². The Morgan fingerprint density at radius 2 is 2.07 bits per heavy atom. The van der Waals surface area contributed by atoms with Crippen molar-refractivity contribution in [3.63, 3.8) is 0 Å². The van der Waals surface area contributed by atoms with Crippen LogP contribution in [0.5, 0.6) is 5.75 Å². The molecule has 27 heavy (non-hydrogen) atoms. The Balaban J connectivity index is 1.48. The van der Waals surface area contributed by atoms with Crippen LogP contribution in [-0.2, 0) is 11.2 Å². The highest BCUT2D eigenvalue weighted by Gasteiger charge is 2.20. The summed E-state index contributed by atoms with van der Waals surface area (Å²) < 4.78 is 5.15. The largest absolute Gasteiger partial charge is 0.497 e. The van der Waals surface area contributed by atoms with Gasteiger partial charge < -0.3 is 15.4 Å². The van der Waals surface area contributed by atoms with Crippen LogP contribution in [0.1, 0.15) is 11.1 Å². The van der Waals surface area contributed by atoms with Gasteiger partial charge in [0.15, 0.2) is 0 Å². The molecular weight excluding hydrogens is 342 g/mol. The summed E-state index contributed by atoms with van der Waals surface area (Å²) in [7, 11) is 1.60. The lowest BCUT2D eigenvalue weighted by Gasteiger charge is -2.13. The van der Waals surface area contributed by atoms with Crippen LogP contribution >= 0.6 is 0 Å². The number of carbonyl (C=O) groups is 2. The molecule has 3 amide bonds. The number of carbonyl (C=O) groups excluding carboxylic acids is 2. The number of urea groups is 1. The van der Waals surface area contributed by atoms with Gasteiger partial charge >= 0.3 is 6.03 Å². The molecule has 0 aliphatic carbocycles. The van der Waals surface area contributed by atoms with Crippen LogP contribution < -0.4 is 20.3 Å². The molecule has 2 aromatic rings. The lowest BCUT2D eigenvalue weighted by molar-refractivity contribution is -0.120. The second kappa shape index (κ2) is 8.77. The fraction of sp³-hybridized carbons (Fsp3) is 0.238. The second-order valence-corrected chi connectivity index (χ2v) is 6.04. The van der Waals surface area contributed by atoms with Crippen molar-refractivity contribution in [1.82, 2.24) is 10.6 Å². The molecule has 138 valence electrons. The third-order valence-electron chi connectivity index (χ3n) is 4.14. The molecule has 6 heteroatoms. The number of hydrogen-bond donors (Lipinski definition) is 2. The van der Waals surface area contributed by atoms with Gasteiger partial charge in [-0.05, 0) is 42.0 Å². The van der Waals surface area contributed by atoms with E-state index in [1.54, 1.807) is 12.0 Å². The zero-order valence-electron chi connectivity index (χ0n) is 15.1. The van der Waals surface area contributed by atoms with Crippen molar-refractivity contribution in [2.45, 2.75) is 6.42 Å². The third kappa shape index (κ3) is 5.02. The van der Waals surface area contributed by atoms with Crippen LogP contribution in [0.2, 0.25) is 0 Å². The fourth-order valence-electron chi connectivity index (χ4n) is 2.76. The number of ether oxygens (including phenoxy) is 1. The van der Waals surface area contributed by atoms with Crippen LogP contribution in [0, 0.1) is 11.8 Å². The first-order valence-corrected chi connectivity index (χ1v) is 8.69. The van der Waals surface area contributed by atoms with E-state index in [9.17, 15) is 9.59 Å². The average Bonchev–Trinajstić information content (AvgIpc) is 3.12. The first kappa shape index (κ1) is 18.3. The van der Waals surface area contributed by atoms with Crippen molar-refractivity contribution in [1.29, 1.82) is 0 Å². The van der Waals surface area contributed by atoms with Crippen LogP contribution in [0.4, 0.5) is 10.5 Å².